The van der Waals surface area contributed by atoms with Crippen molar-refractivity contribution in [2.45, 2.75) is 40.3 Å². The summed E-state index contributed by atoms with van der Waals surface area (Å²) < 4.78 is 6.78. The number of carbonyl (C=O) groups is 1. The van der Waals surface area contributed by atoms with E-state index in [9.17, 15) is 4.79 Å². The van der Waals surface area contributed by atoms with Crippen molar-refractivity contribution in [1.82, 2.24) is 24.6 Å². The summed E-state index contributed by atoms with van der Waals surface area (Å²) >= 11 is 0. The van der Waals surface area contributed by atoms with Crippen LogP contribution in [-0.2, 0) is 11.3 Å². The van der Waals surface area contributed by atoms with Crippen molar-refractivity contribution < 1.29 is 9.32 Å². The molecule has 2 rings (SSSR count). The molecule has 0 spiro atoms. The van der Waals surface area contributed by atoms with Crippen molar-refractivity contribution in [3.63, 3.8) is 0 Å². The largest absolute Gasteiger partial charge is 0.340 e. The first-order valence-corrected chi connectivity index (χ1v) is 6.60. The molecule has 7 nitrogen and oxygen atoms in total. The molecule has 0 bridgehead atoms. The van der Waals surface area contributed by atoms with E-state index in [1.54, 1.807) is 18.0 Å². The molecule has 0 aliphatic heterocycles. The number of hydrogen-bond donors (Lipinski definition) is 0. The summed E-state index contributed by atoms with van der Waals surface area (Å²) in [6, 6.07) is -0.301. The van der Waals surface area contributed by atoms with Gasteiger partial charge in [-0.25, -0.2) is 4.98 Å². The average Bonchev–Trinajstić information content (AvgIpc) is 3.03. The zero-order chi connectivity index (χ0) is 14.7. The maximum atomic E-state index is 12.5. The van der Waals surface area contributed by atoms with Crippen LogP contribution in [0.2, 0.25) is 0 Å². The summed E-state index contributed by atoms with van der Waals surface area (Å²) in [5.41, 5.74) is 0. The summed E-state index contributed by atoms with van der Waals surface area (Å²) in [6.07, 6.45) is 3.50. The van der Waals surface area contributed by atoms with Gasteiger partial charge in [0.1, 0.15) is 11.9 Å². The molecule has 0 N–H and O–H groups in total. The number of nitrogens with zero attached hydrogens (tertiary/aromatic N) is 5. The van der Waals surface area contributed by atoms with Crippen LogP contribution < -0.4 is 0 Å². The monoisotopic (exact) mass is 277 g/mol. The first-order chi connectivity index (χ1) is 9.52. The van der Waals surface area contributed by atoms with Gasteiger partial charge in [-0.1, -0.05) is 5.16 Å². The van der Waals surface area contributed by atoms with Gasteiger partial charge in [-0.3, -0.25) is 4.79 Å². The maximum Gasteiger partial charge on any atom is 0.245 e. The van der Waals surface area contributed by atoms with Crippen LogP contribution in [0.5, 0.6) is 0 Å². The van der Waals surface area contributed by atoms with Crippen LogP contribution in [0.15, 0.2) is 16.9 Å². The number of rotatable bonds is 5. The molecule has 0 aliphatic carbocycles. The van der Waals surface area contributed by atoms with Gasteiger partial charge in [0.15, 0.2) is 5.82 Å². The van der Waals surface area contributed by atoms with Gasteiger partial charge in [0.05, 0.1) is 6.54 Å². The van der Waals surface area contributed by atoms with Gasteiger partial charge in [-0.05, 0) is 20.8 Å². The maximum absolute atomic E-state index is 12.5. The molecular formula is C13H19N5O2. The number of carbonyl (C=O) groups excluding carboxylic acids is 1. The fraction of sp³-hybridized carbons (Fsp3) is 0.538. The Labute approximate surface area is 117 Å². The summed E-state index contributed by atoms with van der Waals surface area (Å²) in [6.45, 7) is 8.34. The zero-order valence-electron chi connectivity index (χ0n) is 12.2. The lowest BCUT2D eigenvalue weighted by Gasteiger charge is -2.24. The molecule has 2 aromatic rings. The molecule has 0 fully saturated rings. The predicted octanol–water partition coefficient (Wildman–Crippen LogP) is 1.49. The van der Waals surface area contributed by atoms with Crippen LogP contribution in [-0.4, -0.2) is 37.0 Å². The lowest BCUT2D eigenvalue weighted by Crippen LogP contribution is -2.36. The molecule has 7 heteroatoms. The standard InChI is InChI=1S/C13H19N5O2/c1-5-17(8-12-15-11(4)20-16-12)13(19)9(2)18-7-6-14-10(18)3/h6-7,9H,5,8H2,1-4H3/t9-/m0/s1. The van der Waals surface area contributed by atoms with Crippen molar-refractivity contribution in [3.05, 3.63) is 29.9 Å². The molecule has 0 saturated heterocycles. The first-order valence-electron chi connectivity index (χ1n) is 6.60. The molecule has 1 amide bonds. The minimum Gasteiger partial charge on any atom is -0.340 e. The van der Waals surface area contributed by atoms with Gasteiger partial charge in [0, 0.05) is 25.9 Å². The van der Waals surface area contributed by atoms with Crippen molar-refractivity contribution >= 4 is 5.91 Å². The van der Waals surface area contributed by atoms with Gasteiger partial charge in [0.25, 0.3) is 0 Å². The third-order valence-corrected chi connectivity index (χ3v) is 3.23. The van der Waals surface area contributed by atoms with E-state index in [2.05, 4.69) is 15.1 Å². The number of hydrogen-bond acceptors (Lipinski definition) is 5. The minimum atomic E-state index is -0.301. The number of likely N-dealkylation sites (N-methyl/N-ethyl adjacent to an activating group) is 1. The highest BCUT2D eigenvalue weighted by Gasteiger charge is 2.23. The van der Waals surface area contributed by atoms with E-state index < -0.39 is 0 Å². The summed E-state index contributed by atoms with van der Waals surface area (Å²) in [5.74, 6) is 1.85. The molecule has 0 aliphatic rings. The van der Waals surface area contributed by atoms with E-state index in [0.717, 1.165) is 5.82 Å². The van der Waals surface area contributed by atoms with Crippen LogP contribution >= 0.6 is 0 Å². The fourth-order valence-electron chi connectivity index (χ4n) is 2.10. The minimum absolute atomic E-state index is 0.0102. The van der Waals surface area contributed by atoms with Crippen molar-refractivity contribution in [2.75, 3.05) is 6.54 Å². The van der Waals surface area contributed by atoms with Crippen LogP contribution in [0.1, 0.15) is 37.4 Å². The Morgan fingerprint density at radius 3 is 2.75 bits per heavy atom. The summed E-state index contributed by atoms with van der Waals surface area (Å²) in [4.78, 5) is 22.5. The molecule has 0 saturated carbocycles. The molecule has 0 unspecified atom stereocenters. The Hall–Kier alpha value is -2.18. The lowest BCUT2D eigenvalue weighted by molar-refractivity contribution is -0.134. The van der Waals surface area contributed by atoms with Gasteiger partial charge < -0.3 is 14.0 Å². The molecule has 1 atom stereocenters. The molecule has 2 heterocycles. The Morgan fingerprint density at radius 1 is 1.50 bits per heavy atom. The normalized spacial score (nSPS) is 12.4. The van der Waals surface area contributed by atoms with E-state index >= 15 is 0 Å². The second-order valence-electron chi connectivity index (χ2n) is 4.64. The third-order valence-electron chi connectivity index (χ3n) is 3.23. The van der Waals surface area contributed by atoms with Crippen LogP contribution in [0.4, 0.5) is 0 Å². The van der Waals surface area contributed by atoms with E-state index in [1.807, 2.05) is 31.5 Å². The van der Waals surface area contributed by atoms with Crippen molar-refractivity contribution in [3.8, 4) is 0 Å². The lowest BCUT2D eigenvalue weighted by atomic mass is 10.2. The zero-order valence-corrected chi connectivity index (χ0v) is 12.2. The SMILES string of the molecule is CCN(Cc1noc(C)n1)C(=O)[C@H](C)n1ccnc1C. The quantitative estimate of drug-likeness (QED) is 0.827. The average molecular weight is 277 g/mol. The van der Waals surface area contributed by atoms with Crippen molar-refractivity contribution in [2.24, 2.45) is 0 Å². The van der Waals surface area contributed by atoms with Gasteiger partial charge >= 0.3 is 0 Å². The van der Waals surface area contributed by atoms with Crippen LogP contribution in [0.25, 0.3) is 0 Å². The van der Waals surface area contributed by atoms with Crippen molar-refractivity contribution in [1.29, 1.82) is 0 Å². The van der Waals surface area contributed by atoms with Gasteiger partial charge in [0.2, 0.25) is 11.8 Å². The highest BCUT2D eigenvalue weighted by atomic mass is 16.5. The van der Waals surface area contributed by atoms with Gasteiger partial charge in [-0.2, -0.15) is 4.98 Å². The molecular weight excluding hydrogens is 258 g/mol. The van der Waals surface area contributed by atoms with E-state index in [0.29, 0.717) is 24.8 Å². The van der Waals surface area contributed by atoms with E-state index in [1.165, 1.54) is 0 Å². The second kappa shape index (κ2) is 5.85. The fourth-order valence-corrected chi connectivity index (χ4v) is 2.10. The molecule has 0 aromatic carbocycles. The van der Waals surface area contributed by atoms with Gasteiger partial charge in [-0.15, -0.1) is 0 Å². The first kappa shape index (κ1) is 14.2. The molecule has 20 heavy (non-hydrogen) atoms. The highest BCUT2D eigenvalue weighted by molar-refractivity contribution is 5.80. The predicted molar refractivity (Wildman–Crippen MR) is 71.8 cm³/mol. The molecule has 0 radical (unpaired) electrons. The third kappa shape index (κ3) is 2.87. The number of aromatic nitrogens is 4. The topological polar surface area (TPSA) is 77.0 Å². The van der Waals surface area contributed by atoms with E-state index in [-0.39, 0.29) is 11.9 Å². The number of imidazole rings is 1. The highest BCUT2D eigenvalue weighted by Crippen LogP contribution is 2.14. The number of aryl methyl sites for hydroxylation is 2. The Morgan fingerprint density at radius 2 is 2.25 bits per heavy atom. The van der Waals surface area contributed by atoms with Crippen LogP contribution in [0.3, 0.4) is 0 Å². The van der Waals surface area contributed by atoms with E-state index in [4.69, 9.17) is 4.52 Å². The molecule has 108 valence electrons. The Balaban J connectivity index is 2.11. The second-order valence-corrected chi connectivity index (χ2v) is 4.64. The smallest absolute Gasteiger partial charge is 0.245 e. The Kier molecular flexibility index (Phi) is 4.16. The Bertz CT molecular complexity index is 589. The number of amides is 1. The summed E-state index contributed by atoms with van der Waals surface area (Å²) in [7, 11) is 0. The summed E-state index contributed by atoms with van der Waals surface area (Å²) in [5, 5.41) is 3.83. The molecule has 2 aromatic heterocycles. The van der Waals surface area contributed by atoms with Crippen LogP contribution in [0, 0.1) is 13.8 Å².